The molecule has 0 aromatic heterocycles. The summed E-state index contributed by atoms with van der Waals surface area (Å²) in [4.78, 5) is 13.6. The number of hydrogen-bond acceptors (Lipinski definition) is 3. The number of nitrogens with one attached hydrogen (secondary N) is 1. The molecule has 1 aliphatic carbocycles. The Bertz CT molecular complexity index is 203. The smallest absolute Gasteiger partial charge is 0.234 e. The van der Waals surface area contributed by atoms with Gasteiger partial charge in [0.05, 0.1) is 13.2 Å². The summed E-state index contributed by atoms with van der Waals surface area (Å²) in [6.45, 7) is 5.07. The Balaban J connectivity index is 2.32. The molecule has 0 aromatic carbocycles. The first-order valence-corrected chi connectivity index (χ1v) is 5.77. The van der Waals surface area contributed by atoms with Gasteiger partial charge in [-0.05, 0) is 26.7 Å². The molecule has 2 N–H and O–H groups in total. The van der Waals surface area contributed by atoms with Crippen LogP contribution >= 0.6 is 0 Å². The number of aliphatic hydroxyl groups excluding tert-OH is 1. The van der Waals surface area contributed by atoms with Crippen LogP contribution < -0.4 is 5.32 Å². The molecular weight excluding hydrogens is 192 g/mol. The number of rotatable bonds is 6. The molecule has 0 aromatic rings. The zero-order valence-electron chi connectivity index (χ0n) is 9.70. The molecule has 88 valence electrons. The molecule has 0 unspecified atom stereocenters. The fraction of sp³-hybridized carbons (Fsp3) is 0.909. The van der Waals surface area contributed by atoms with Gasteiger partial charge in [0.15, 0.2) is 0 Å². The van der Waals surface area contributed by atoms with Crippen molar-refractivity contribution in [2.45, 2.75) is 45.2 Å². The van der Waals surface area contributed by atoms with Gasteiger partial charge < -0.3 is 10.4 Å². The molecule has 1 aliphatic rings. The number of carbonyl (C=O) groups excluding carboxylic acids is 1. The third-order valence-corrected chi connectivity index (χ3v) is 2.77. The lowest BCUT2D eigenvalue weighted by atomic mass is 9.91. The summed E-state index contributed by atoms with van der Waals surface area (Å²) < 4.78 is 0. The van der Waals surface area contributed by atoms with E-state index in [9.17, 15) is 4.79 Å². The van der Waals surface area contributed by atoms with Crippen LogP contribution in [0.2, 0.25) is 0 Å². The average molecular weight is 214 g/mol. The van der Waals surface area contributed by atoms with E-state index in [0.717, 1.165) is 12.8 Å². The molecule has 0 radical (unpaired) electrons. The maximum atomic E-state index is 11.5. The van der Waals surface area contributed by atoms with Gasteiger partial charge in [-0.2, -0.15) is 0 Å². The Morgan fingerprint density at radius 2 is 2.20 bits per heavy atom. The van der Waals surface area contributed by atoms with Crippen LogP contribution in [0.15, 0.2) is 0 Å². The third-order valence-electron chi connectivity index (χ3n) is 2.77. The standard InChI is InChI=1S/C11H22N2O2/c1-9(2)12-11(15)8-13(6-7-14)10-4-3-5-10/h9-10,14H,3-8H2,1-2H3,(H,12,15). The minimum Gasteiger partial charge on any atom is -0.395 e. The predicted octanol–water partition coefficient (Wildman–Crippen LogP) is 0.358. The van der Waals surface area contributed by atoms with E-state index in [2.05, 4.69) is 10.2 Å². The van der Waals surface area contributed by atoms with E-state index in [0.29, 0.717) is 19.1 Å². The van der Waals surface area contributed by atoms with E-state index in [1.807, 2.05) is 13.8 Å². The molecule has 15 heavy (non-hydrogen) atoms. The number of aliphatic hydroxyl groups is 1. The summed E-state index contributed by atoms with van der Waals surface area (Å²) in [6.07, 6.45) is 3.57. The van der Waals surface area contributed by atoms with Crippen molar-refractivity contribution in [2.75, 3.05) is 19.7 Å². The van der Waals surface area contributed by atoms with Crippen molar-refractivity contribution >= 4 is 5.91 Å². The lowest BCUT2D eigenvalue weighted by Crippen LogP contribution is -2.48. The molecule has 0 spiro atoms. The second kappa shape index (κ2) is 6.08. The molecule has 1 rings (SSSR count). The quantitative estimate of drug-likeness (QED) is 0.671. The Morgan fingerprint density at radius 3 is 2.60 bits per heavy atom. The van der Waals surface area contributed by atoms with Crippen LogP contribution in [0.25, 0.3) is 0 Å². The summed E-state index contributed by atoms with van der Waals surface area (Å²) in [5, 5.41) is 11.8. The van der Waals surface area contributed by atoms with Crippen molar-refractivity contribution < 1.29 is 9.90 Å². The summed E-state index contributed by atoms with van der Waals surface area (Å²) in [5.41, 5.74) is 0. The maximum Gasteiger partial charge on any atom is 0.234 e. The normalized spacial score (nSPS) is 16.9. The number of nitrogens with zero attached hydrogens (tertiary/aromatic N) is 1. The summed E-state index contributed by atoms with van der Waals surface area (Å²) in [6, 6.07) is 0.699. The SMILES string of the molecule is CC(C)NC(=O)CN(CCO)C1CCC1. The van der Waals surface area contributed by atoms with Crippen LogP contribution in [0, 0.1) is 0 Å². The van der Waals surface area contributed by atoms with Crippen molar-refractivity contribution in [2.24, 2.45) is 0 Å². The predicted molar refractivity (Wildman–Crippen MR) is 59.6 cm³/mol. The first-order chi connectivity index (χ1) is 7.13. The Kier molecular flexibility index (Phi) is 5.05. The van der Waals surface area contributed by atoms with Crippen molar-refractivity contribution in [3.05, 3.63) is 0 Å². The van der Waals surface area contributed by atoms with Crippen molar-refractivity contribution in [1.82, 2.24) is 10.2 Å². The number of amides is 1. The maximum absolute atomic E-state index is 11.5. The first-order valence-electron chi connectivity index (χ1n) is 5.77. The minimum atomic E-state index is 0.0605. The van der Waals surface area contributed by atoms with E-state index < -0.39 is 0 Å². The molecule has 4 heteroatoms. The van der Waals surface area contributed by atoms with Gasteiger partial charge in [-0.15, -0.1) is 0 Å². The van der Waals surface area contributed by atoms with Crippen molar-refractivity contribution in [3.63, 3.8) is 0 Å². The summed E-state index contributed by atoms with van der Waals surface area (Å²) in [7, 11) is 0. The van der Waals surface area contributed by atoms with Gasteiger partial charge in [0, 0.05) is 18.6 Å². The highest BCUT2D eigenvalue weighted by Gasteiger charge is 2.25. The highest BCUT2D eigenvalue weighted by molar-refractivity contribution is 5.78. The molecule has 0 aliphatic heterocycles. The molecule has 1 amide bonds. The molecule has 4 nitrogen and oxygen atoms in total. The van der Waals surface area contributed by atoms with Gasteiger partial charge in [-0.1, -0.05) is 6.42 Å². The summed E-state index contributed by atoms with van der Waals surface area (Å²) in [5.74, 6) is 0.0605. The zero-order chi connectivity index (χ0) is 11.3. The highest BCUT2D eigenvalue weighted by Crippen LogP contribution is 2.24. The second-order valence-corrected chi connectivity index (χ2v) is 4.50. The average Bonchev–Trinajstić information content (AvgIpc) is 1.98. The fourth-order valence-electron chi connectivity index (χ4n) is 1.82. The monoisotopic (exact) mass is 214 g/mol. The van der Waals surface area contributed by atoms with Crippen LogP contribution in [0.1, 0.15) is 33.1 Å². The molecule has 1 saturated carbocycles. The first kappa shape index (κ1) is 12.5. The Labute approximate surface area is 91.6 Å². The fourth-order valence-corrected chi connectivity index (χ4v) is 1.82. The van der Waals surface area contributed by atoms with E-state index in [1.54, 1.807) is 0 Å². The minimum absolute atomic E-state index is 0.0605. The molecule has 1 fully saturated rings. The lowest BCUT2D eigenvalue weighted by Gasteiger charge is -2.36. The number of hydrogen-bond donors (Lipinski definition) is 2. The Morgan fingerprint density at radius 1 is 1.53 bits per heavy atom. The van der Waals surface area contributed by atoms with E-state index in [-0.39, 0.29) is 18.6 Å². The topological polar surface area (TPSA) is 52.6 Å². The molecule has 0 heterocycles. The van der Waals surface area contributed by atoms with Gasteiger partial charge in [-0.25, -0.2) is 0 Å². The van der Waals surface area contributed by atoms with Gasteiger partial charge in [0.1, 0.15) is 0 Å². The van der Waals surface area contributed by atoms with Crippen LogP contribution in [-0.4, -0.2) is 47.7 Å². The zero-order valence-corrected chi connectivity index (χ0v) is 9.70. The number of carbonyl (C=O) groups is 1. The van der Waals surface area contributed by atoms with Crippen LogP contribution in [-0.2, 0) is 4.79 Å². The third kappa shape index (κ3) is 4.18. The van der Waals surface area contributed by atoms with E-state index in [4.69, 9.17) is 5.11 Å². The van der Waals surface area contributed by atoms with Crippen LogP contribution in [0.4, 0.5) is 0 Å². The van der Waals surface area contributed by atoms with Crippen LogP contribution in [0.3, 0.4) is 0 Å². The second-order valence-electron chi connectivity index (χ2n) is 4.50. The molecule has 0 bridgehead atoms. The lowest BCUT2D eigenvalue weighted by molar-refractivity contribution is -0.123. The van der Waals surface area contributed by atoms with Crippen molar-refractivity contribution in [3.8, 4) is 0 Å². The van der Waals surface area contributed by atoms with Crippen molar-refractivity contribution in [1.29, 1.82) is 0 Å². The van der Waals surface area contributed by atoms with Crippen LogP contribution in [0.5, 0.6) is 0 Å². The summed E-state index contributed by atoms with van der Waals surface area (Å²) >= 11 is 0. The molecular formula is C11H22N2O2. The Hall–Kier alpha value is -0.610. The van der Waals surface area contributed by atoms with Gasteiger partial charge in [0.25, 0.3) is 0 Å². The largest absolute Gasteiger partial charge is 0.395 e. The molecule has 0 saturated heterocycles. The van der Waals surface area contributed by atoms with E-state index >= 15 is 0 Å². The van der Waals surface area contributed by atoms with Gasteiger partial charge in [0.2, 0.25) is 5.91 Å². The van der Waals surface area contributed by atoms with Gasteiger partial charge >= 0.3 is 0 Å². The highest BCUT2D eigenvalue weighted by atomic mass is 16.3. The van der Waals surface area contributed by atoms with E-state index in [1.165, 1.54) is 6.42 Å². The van der Waals surface area contributed by atoms with Gasteiger partial charge in [-0.3, -0.25) is 9.69 Å². The molecule has 0 atom stereocenters.